The third kappa shape index (κ3) is 19.0. The van der Waals surface area contributed by atoms with Gasteiger partial charge < -0.3 is 18.3 Å². The van der Waals surface area contributed by atoms with Crippen LogP contribution in [-0.2, 0) is 20.2 Å². The fraction of sp³-hybridized carbons (Fsp3) is 0.667. The fourth-order valence-electron chi connectivity index (χ4n) is 8.33. The lowest BCUT2D eigenvalue weighted by atomic mass is 10.0. The highest BCUT2D eigenvalue weighted by molar-refractivity contribution is 6.99. The van der Waals surface area contributed by atoms with Crippen LogP contribution in [0, 0.1) is 0 Å². The van der Waals surface area contributed by atoms with Gasteiger partial charge in [-0.1, -0.05) is 236 Å². The molecule has 0 aliphatic carbocycles. The summed E-state index contributed by atoms with van der Waals surface area (Å²) in [5.74, 6) is 0.873. The molecular formula is C54H90O4Si2. The van der Waals surface area contributed by atoms with Gasteiger partial charge in [-0.2, -0.15) is 0 Å². The van der Waals surface area contributed by atoms with Crippen molar-refractivity contribution in [1.29, 1.82) is 0 Å². The molecule has 0 fully saturated rings. The molecule has 0 radical (unpaired) electrons. The molecule has 0 aliphatic heterocycles. The smallest absolute Gasteiger partial charge is 0.261 e. The lowest BCUT2D eigenvalue weighted by Gasteiger charge is -2.43. The Hall–Kier alpha value is -2.23. The van der Waals surface area contributed by atoms with Crippen LogP contribution in [0.3, 0.4) is 0 Å². The molecule has 3 aromatic carbocycles. The molecular weight excluding hydrogens is 769 g/mol. The Morgan fingerprint density at radius 1 is 0.467 bits per heavy atom. The first kappa shape index (κ1) is 52.1. The first-order valence-corrected chi connectivity index (χ1v) is 29.3. The number of rotatable bonds is 33. The summed E-state index contributed by atoms with van der Waals surface area (Å²) in [6.07, 6.45) is 28.5. The van der Waals surface area contributed by atoms with Crippen molar-refractivity contribution in [3.8, 4) is 5.75 Å². The number of ether oxygens (including phenoxy) is 2. The first-order valence-electron chi connectivity index (χ1n) is 24.4. The third-order valence-electron chi connectivity index (χ3n) is 13.2. The Labute approximate surface area is 372 Å². The van der Waals surface area contributed by atoms with E-state index in [0.29, 0.717) is 18.3 Å². The maximum Gasteiger partial charge on any atom is 0.261 e. The van der Waals surface area contributed by atoms with Crippen molar-refractivity contribution in [1.82, 2.24) is 0 Å². The normalized spacial score (nSPS) is 13.2. The quantitative estimate of drug-likeness (QED) is 0.0452. The minimum Gasteiger partial charge on any atom is -0.497 e. The van der Waals surface area contributed by atoms with Gasteiger partial charge in [0.15, 0.2) is 8.32 Å². The maximum absolute atomic E-state index is 7.36. The highest BCUT2D eigenvalue weighted by atomic mass is 28.4. The van der Waals surface area contributed by atoms with E-state index >= 15 is 0 Å². The van der Waals surface area contributed by atoms with E-state index in [1.807, 2.05) is 12.1 Å². The zero-order chi connectivity index (χ0) is 43.6. The molecule has 0 aliphatic rings. The minimum atomic E-state index is -2.64. The number of benzene rings is 3. The van der Waals surface area contributed by atoms with E-state index in [1.54, 1.807) is 7.11 Å². The molecule has 3 aromatic rings. The molecule has 1 atom stereocenters. The molecule has 6 heteroatoms. The molecule has 338 valence electrons. The monoisotopic (exact) mass is 859 g/mol. The van der Waals surface area contributed by atoms with Gasteiger partial charge in [-0.05, 0) is 64.1 Å². The first-order chi connectivity index (χ1) is 28.8. The fourth-order valence-corrected chi connectivity index (χ4v) is 14.0. The second kappa shape index (κ2) is 28.5. The highest BCUT2D eigenvalue weighted by Crippen LogP contribution is 2.38. The molecule has 0 bridgehead atoms. The van der Waals surface area contributed by atoms with E-state index in [0.717, 1.165) is 24.3 Å². The van der Waals surface area contributed by atoms with Crippen molar-refractivity contribution in [2.75, 3.05) is 20.3 Å². The summed E-state index contributed by atoms with van der Waals surface area (Å²) in [7, 11) is -2.49. The van der Waals surface area contributed by atoms with Gasteiger partial charge in [0.1, 0.15) is 5.75 Å². The second-order valence-electron chi connectivity index (χ2n) is 20.2. The molecule has 0 aromatic heterocycles. The Kier molecular flexibility index (Phi) is 24.7. The van der Waals surface area contributed by atoms with Gasteiger partial charge in [0, 0.05) is 6.61 Å². The lowest BCUT2D eigenvalue weighted by molar-refractivity contribution is 0.000764. The van der Waals surface area contributed by atoms with Crippen molar-refractivity contribution in [3.05, 3.63) is 90.5 Å². The Morgan fingerprint density at radius 2 is 0.867 bits per heavy atom. The van der Waals surface area contributed by atoms with Crippen LogP contribution in [-0.4, -0.2) is 43.1 Å². The lowest BCUT2D eigenvalue weighted by Crippen LogP contribution is -2.67. The van der Waals surface area contributed by atoms with Gasteiger partial charge in [0.25, 0.3) is 8.32 Å². The van der Waals surface area contributed by atoms with E-state index in [-0.39, 0.29) is 11.1 Å². The molecule has 60 heavy (non-hydrogen) atoms. The van der Waals surface area contributed by atoms with Crippen molar-refractivity contribution >= 4 is 27.0 Å². The second-order valence-corrected chi connectivity index (χ2v) is 29.3. The van der Waals surface area contributed by atoms with Crippen LogP contribution in [0.2, 0.25) is 23.2 Å². The van der Waals surface area contributed by atoms with Crippen LogP contribution in [0.15, 0.2) is 84.9 Å². The maximum atomic E-state index is 7.36. The standard InChI is InChI=1S/C54H90O4Si2/c1-53(2,3)59(8,9)57-45-35-27-25-23-21-19-17-15-13-11-10-12-14-16-18-20-22-24-26-30-36-50(56-46-48-41-43-49(55-7)44-42-48)47-58-60(54(4,5)6,51-37-31-28-32-38-51)52-39-33-29-34-40-52/h28-29,31-34,37-44,50H,10-27,30,35-36,45-47H2,1-9H3/t50-/m0/s1. The van der Waals surface area contributed by atoms with Gasteiger partial charge in [0.2, 0.25) is 0 Å². The average molecular weight is 859 g/mol. The number of unbranched alkanes of at least 4 members (excludes halogenated alkanes) is 19. The highest BCUT2D eigenvalue weighted by Gasteiger charge is 2.50. The van der Waals surface area contributed by atoms with E-state index in [9.17, 15) is 0 Å². The van der Waals surface area contributed by atoms with Gasteiger partial charge in [-0.25, -0.2) is 0 Å². The molecule has 0 heterocycles. The van der Waals surface area contributed by atoms with Gasteiger partial charge in [0.05, 0.1) is 26.4 Å². The molecule has 3 rings (SSSR count). The minimum absolute atomic E-state index is 0.0346. The van der Waals surface area contributed by atoms with Crippen LogP contribution in [0.5, 0.6) is 5.75 Å². The van der Waals surface area contributed by atoms with Crippen LogP contribution >= 0.6 is 0 Å². The number of methoxy groups -OCH3 is 1. The van der Waals surface area contributed by atoms with Crippen molar-refractivity contribution in [2.45, 2.75) is 212 Å². The Balaban J connectivity index is 1.28. The Bertz CT molecular complexity index is 1440. The van der Waals surface area contributed by atoms with Crippen molar-refractivity contribution < 1.29 is 18.3 Å². The van der Waals surface area contributed by atoms with Crippen molar-refractivity contribution in [3.63, 3.8) is 0 Å². The van der Waals surface area contributed by atoms with E-state index in [2.05, 4.69) is 127 Å². The predicted molar refractivity (Wildman–Crippen MR) is 265 cm³/mol. The summed E-state index contributed by atoms with van der Waals surface area (Å²) in [6, 6.07) is 30.2. The summed E-state index contributed by atoms with van der Waals surface area (Å²) in [4.78, 5) is 0. The summed E-state index contributed by atoms with van der Waals surface area (Å²) < 4.78 is 25.8. The molecule has 4 nitrogen and oxygen atoms in total. The van der Waals surface area contributed by atoms with Gasteiger partial charge >= 0.3 is 0 Å². The molecule has 0 unspecified atom stereocenters. The zero-order valence-corrected chi connectivity index (χ0v) is 42.3. The third-order valence-corrected chi connectivity index (χ3v) is 22.8. The van der Waals surface area contributed by atoms with E-state index < -0.39 is 16.6 Å². The number of hydrogen-bond acceptors (Lipinski definition) is 4. The van der Waals surface area contributed by atoms with E-state index in [4.69, 9.17) is 18.3 Å². The van der Waals surface area contributed by atoms with Gasteiger partial charge in [-0.15, -0.1) is 0 Å². The molecule has 0 spiro atoms. The van der Waals surface area contributed by atoms with Crippen LogP contribution in [0.1, 0.15) is 182 Å². The number of hydrogen-bond donors (Lipinski definition) is 0. The average Bonchev–Trinajstić information content (AvgIpc) is 3.23. The summed E-state index contributed by atoms with van der Waals surface area (Å²) in [6.45, 7) is 20.9. The van der Waals surface area contributed by atoms with Crippen LogP contribution in [0.25, 0.3) is 0 Å². The molecule has 0 amide bonds. The van der Waals surface area contributed by atoms with E-state index in [1.165, 1.54) is 139 Å². The topological polar surface area (TPSA) is 36.9 Å². The summed E-state index contributed by atoms with van der Waals surface area (Å²) in [5, 5.41) is 2.90. The summed E-state index contributed by atoms with van der Waals surface area (Å²) >= 11 is 0. The molecule has 0 N–H and O–H groups in total. The van der Waals surface area contributed by atoms with Crippen molar-refractivity contribution in [2.24, 2.45) is 0 Å². The SMILES string of the molecule is COc1ccc(CO[C@@H](CCCCCCCCCCCCCCCCCCCCCCO[Si](C)(C)C(C)(C)C)CO[Si](c2ccccc2)(c2ccccc2)C(C)(C)C)cc1. The van der Waals surface area contributed by atoms with Crippen LogP contribution < -0.4 is 15.1 Å². The summed E-state index contributed by atoms with van der Waals surface area (Å²) in [5.41, 5.74) is 1.16. The largest absolute Gasteiger partial charge is 0.497 e. The predicted octanol–water partition coefficient (Wildman–Crippen LogP) is 15.4. The van der Waals surface area contributed by atoms with Gasteiger partial charge in [-0.3, -0.25) is 0 Å². The van der Waals surface area contributed by atoms with Crippen LogP contribution in [0.4, 0.5) is 0 Å². The molecule has 0 saturated heterocycles. The zero-order valence-electron chi connectivity index (χ0n) is 40.3. The Morgan fingerprint density at radius 3 is 1.25 bits per heavy atom. The molecule has 0 saturated carbocycles.